The molecule has 0 bridgehead atoms. The van der Waals surface area contributed by atoms with E-state index in [4.69, 9.17) is 5.73 Å². The molecule has 3 N–H and O–H groups in total. The Balaban J connectivity index is 2.17. The summed E-state index contributed by atoms with van der Waals surface area (Å²) in [5.74, 6) is -0.669. The number of anilines is 1. The van der Waals surface area contributed by atoms with E-state index in [1.807, 2.05) is 0 Å². The van der Waals surface area contributed by atoms with Crippen molar-refractivity contribution in [3.8, 4) is 10.4 Å². The third kappa shape index (κ3) is 2.41. The number of thiophene rings is 1. The third-order valence-electron chi connectivity index (χ3n) is 4.01. The van der Waals surface area contributed by atoms with Crippen LogP contribution >= 0.6 is 11.3 Å². The van der Waals surface area contributed by atoms with Crippen LogP contribution < -0.4 is 11.1 Å². The second-order valence-electron chi connectivity index (χ2n) is 5.50. The lowest BCUT2D eigenvalue weighted by Gasteiger charge is -2.17. The Morgan fingerprint density at radius 1 is 1.32 bits per heavy atom. The highest BCUT2D eigenvalue weighted by Gasteiger charge is 2.27. The van der Waals surface area contributed by atoms with Gasteiger partial charge in [0.1, 0.15) is 5.00 Å². The van der Waals surface area contributed by atoms with Crippen molar-refractivity contribution in [2.24, 2.45) is 5.73 Å². The van der Waals surface area contributed by atoms with Crippen LogP contribution in [-0.4, -0.2) is 11.8 Å². The number of nitrogens with two attached hydrogens (primary N) is 1. The van der Waals surface area contributed by atoms with E-state index in [1.165, 1.54) is 29.4 Å². The number of aryl methyl sites for hydroxylation is 2. The van der Waals surface area contributed by atoms with E-state index in [9.17, 15) is 9.59 Å². The Morgan fingerprint density at radius 2 is 2.09 bits per heavy atom. The van der Waals surface area contributed by atoms with Gasteiger partial charge >= 0.3 is 0 Å². The summed E-state index contributed by atoms with van der Waals surface area (Å²) in [5.41, 5.74) is 10.8. The molecule has 0 fully saturated rings. The zero-order valence-electron chi connectivity index (χ0n) is 12.7. The number of hydrogen-bond acceptors (Lipinski definition) is 3. The molecule has 3 rings (SSSR count). The summed E-state index contributed by atoms with van der Waals surface area (Å²) >= 11 is 1.44. The predicted molar refractivity (Wildman–Crippen MR) is 89.4 cm³/mol. The van der Waals surface area contributed by atoms with Crippen LogP contribution in [0, 0.1) is 0 Å². The first-order valence-electron chi connectivity index (χ1n) is 7.36. The third-order valence-corrected chi connectivity index (χ3v) is 5.19. The van der Waals surface area contributed by atoms with Crippen molar-refractivity contribution in [1.29, 1.82) is 0 Å². The number of fused-ring (bicyclic) bond motifs is 3. The van der Waals surface area contributed by atoms with Crippen LogP contribution in [0.3, 0.4) is 0 Å². The molecule has 114 valence electrons. The molecule has 2 amide bonds. The Kier molecular flexibility index (Phi) is 3.74. The normalized spacial score (nSPS) is 12.5. The second-order valence-corrected chi connectivity index (χ2v) is 6.52. The molecule has 0 aliphatic heterocycles. The van der Waals surface area contributed by atoms with E-state index in [0.29, 0.717) is 10.6 Å². The van der Waals surface area contributed by atoms with Crippen molar-refractivity contribution in [2.75, 3.05) is 5.32 Å². The number of nitrogens with one attached hydrogen (secondary N) is 1. The molecule has 1 aliphatic carbocycles. The Morgan fingerprint density at radius 3 is 2.73 bits per heavy atom. The summed E-state index contributed by atoms with van der Waals surface area (Å²) in [4.78, 5) is 24.3. The molecule has 0 spiro atoms. The van der Waals surface area contributed by atoms with Crippen molar-refractivity contribution in [1.82, 2.24) is 0 Å². The highest BCUT2D eigenvalue weighted by Crippen LogP contribution is 2.45. The molecule has 2 aromatic rings. The Hall–Kier alpha value is -2.14. The first kappa shape index (κ1) is 14.8. The summed E-state index contributed by atoms with van der Waals surface area (Å²) in [6.07, 6.45) is 2.69. The molecular weight excluding hydrogens is 296 g/mol. The zero-order chi connectivity index (χ0) is 15.9. The SMILES string of the molecule is CCc1ccc2c(c1)CCc1c-2sc(NC(C)=O)c1C(N)=O. The van der Waals surface area contributed by atoms with Crippen LogP contribution in [0.2, 0.25) is 0 Å². The van der Waals surface area contributed by atoms with Crippen LogP contribution in [0.15, 0.2) is 18.2 Å². The molecule has 0 radical (unpaired) electrons. The monoisotopic (exact) mass is 314 g/mol. The summed E-state index contributed by atoms with van der Waals surface area (Å²) in [7, 11) is 0. The zero-order valence-corrected chi connectivity index (χ0v) is 13.5. The molecular formula is C17H18N2O2S. The van der Waals surface area contributed by atoms with Gasteiger partial charge in [-0.05, 0) is 41.5 Å². The van der Waals surface area contributed by atoms with Crippen LogP contribution in [-0.2, 0) is 24.1 Å². The van der Waals surface area contributed by atoms with Gasteiger partial charge < -0.3 is 11.1 Å². The van der Waals surface area contributed by atoms with Crippen LogP contribution in [0.1, 0.15) is 40.9 Å². The first-order chi connectivity index (χ1) is 10.5. The quantitative estimate of drug-likeness (QED) is 0.913. The highest BCUT2D eigenvalue weighted by molar-refractivity contribution is 7.20. The van der Waals surface area contributed by atoms with Gasteiger partial charge in [0.25, 0.3) is 5.91 Å². The average Bonchev–Trinajstić information content (AvgIpc) is 2.84. The van der Waals surface area contributed by atoms with Crippen molar-refractivity contribution in [2.45, 2.75) is 33.1 Å². The Labute approximate surface area is 133 Å². The second kappa shape index (κ2) is 5.57. The van der Waals surface area contributed by atoms with Gasteiger partial charge in [-0.25, -0.2) is 0 Å². The minimum atomic E-state index is -0.477. The van der Waals surface area contributed by atoms with E-state index in [1.54, 1.807) is 0 Å². The minimum absolute atomic E-state index is 0.192. The smallest absolute Gasteiger partial charge is 0.252 e. The van der Waals surface area contributed by atoms with Gasteiger partial charge in [-0.3, -0.25) is 9.59 Å². The van der Waals surface area contributed by atoms with Gasteiger partial charge in [0, 0.05) is 11.8 Å². The van der Waals surface area contributed by atoms with E-state index >= 15 is 0 Å². The van der Waals surface area contributed by atoms with Gasteiger partial charge in [0.05, 0.1) is 5.56 Å². The molecule has 4 nitrogen and oxygen atoms in total. The number of benzene rings is 1. The number of amides is 2. The lowest BCUT2D eigenvalue weighted by atomic mass is 9.88. The van der Waals surface area contributed by atoms with Crippen LogP contribution in [0.25, 0.3) is 10.4 Å². The fourth-order valence-corrected chi connectivity index (χ4v) is 4.35. The summed E-state index contributed by atoms with van der Waals surface area (Å²) in [6, 6.07) is 6.47. The molecule has 1 heterocycles. The summed E-state index contributed by atoms with van der Waals surface area (Å²) in [5, 5.41) is 3.31. The Bertz CT molecular complexity index is 777. The van der Waals surface area contributed by atoms with E-state index in [0.717, 1.165) is 35.3 Å². The molecule has 0 atom stereocenters. The lowest BCUT2D eigenvalue weighted by molar-refractivity contribution is -0.114. The fourth-order valence-electron chi connectivity index (χ4n) is 2.98. The van der Waals surface area contributed by atoms with Crippen molar-refractivity contribution in [3.63, 3.8) is 0 Å². The molecule has 0 saturated carbocycles. The van der Waals surface area contributed by atoms with Gasteiger partial charge in [-0.15, -0.1) is 11.3 Å². The number of carbonyl (C=O) groups is 2. The number of hydrogen-bond donors (Lipinski definition) is 2. The molecule has 1 aliphatic rings. The van der Waals surface area contributed by atoms with Crippen LogP contribution in [0.4, 0.5) is 5.00 Å². The van der Waals surface area contributed by atoms with Crippen molar-refractivity contribution >= 4 is 28.2 Å². The molecule has 1 aromatic heterocycles. The van der Waals surface area contributed by atoms with E-state index in [2.05, 4.69) is 30.4 Å². The minimum Gasteiger partial charge on any atom is -0.365 e. The van der Waals surface area contributed by atoms with Crippen molar-refractivity contribution < 1.29 is 9.59 Å². The highest BCUT2D eigenvalue weighted by atomic mass is 32.1. The molecule has 0 saturated heterocycles. The molecule has 22 heavy (non-hydrogen) atoms. The van der Waals surface area contributed by atoms with Crippen molar-refractivity contribution in [3.05, 3.63) is 40.5 Å². The summed E-state index contributed by atoms with van der Waals surface area (Å²) < 4.78 is 0. The van der Waals surface area contributed by atoms with Crippen LogP contribution in [0.5, 0.6) is 0 Å². The van der Waals surface area contributed by atoms with Gasteiger partial charge in [0.2, 0.25) is 5.91 Å². The molecule has 1 aromatic carbocycles. The lowest BCUT2D eigenvalue weighted by Crippen LogP contribution is -2.17. The maximum absolute atomic E-state index is 11.8. The van der Waals surface area contributed by atoms with E-state index in [-0.39, 0.29) is 5.91 Å². The largest absolute Gasteiger partial charge is 0.365 e. The number of primary amides is 1. The molecule has 5 heteroatoms. The maximum Gasteiger partial charge on any atom is 0.252 e. The summed E-state index contributed by atoms with van der Waals surface area (Å²) in [6.45, 7) is 3.58. The van der Waals surface area contributed by atoms with Gasteiger partial charge in [0.15, 0.2) is 0 Å². The van der Waals surface area contributed by atoms with Gasteiger partial charge in [-0.2, -0.15) is 0 Å². The number of rotatable bonds is 3. The standard InChI is InChI=1S/C17H18N2O2S/c1-3-10-4-6-12-11(8-10)5-7-13-14(16(18)21)17(19-9(2)20)22-15(12)13/h4,6,8H,3,5,7H2,1-2H3,(H2,18,21)(H,19,20). The van der Waals surface area contributed by atoms with Gasteiger partial charge in [-0.1, -0.05) is 25.1 Å². The first-order valence-corrected chi connectivity index (χ1v) is 8.18. The topological polar surface area (TPSA) is 72.2 Å². The predicted octanol–water partition coefficient (Wildman–Crippen LogP) is 3.13. The maximum atomic E-state index is 11.8. The van der Waals surface area contributed by atoms with E-state index < -0.39 is 5.91 Å². The number of carbonyl (C=O) groups excluding carboxylic acids is 2. The fraction of sp³-hybridized carbons (Fsp3) is 0.294. The molecule has 0 unspecified atom stereocenters. The average molecular weight is 314 g/mol.